The summed E-state index contributed by atoms with van der Waals surface area (Å²) < 4.78 is 1.70. The first-order valence-corrected chi connectivity index (χ1v) is 4.64. The first-order chi connectivity index (χ1) is 7.20. The van der Waals surface area contributed by atoms with Crippen LogP contribution in [0.1, 0.15) is 21.9 Å². The molecule has 0 saturated carbocycles. The number of imidazole rings is 1. The molecule has 0 spiro atoms. The molecule has 15 heavy (non-hydrogen) atoms. The highest BCUT2D eigenvalue weighted by atomic mass is 16.1. The maximum atomic E-state index is 12.0. The monoisotopic (exact) mass is 201 g/mol. The number of carbonyl (C=O) groups is 1. The van der Waals surface area contributed by atoms with Gasteiger partial charge in [0.15, 0.2) is 5.82 Å². The Labute approximate surface area is 87.6 Å². The lowest BCUT2D eigenvalue weighted by Gasteiger charge is -2.03. The van der Waals surface area contributed by atoms with Crippen molar-refractivity contribution in [2.75, 3.05) is 0 Å². The number of aromatic nitrogens is 3. The van der Waals surface area contributed by atoms with Gasteiger partial charge in [0.25, 0.3) is 0 Å². The average Bonchev–Trinajstić information content (AvgIpc) is 2.64. The van der Waals surface area contributed by atoms with E-state index in [9.17, 15) is 4.79 Å². The summed E-state index contributed by atoms with van der Waals surface area (Å²) in [6, 6.07) is 3.52. The number of hydrogen-bond acceptors (Lipinski definition) is 3. The van der Waals surface area contributed by atoms with E-state index in [0.717, 1.165) is 5.69 Å². The largest absolute Gasteiger partial charge is 0.331 e. The second kappa shape index (κ2) is 3.65. The molecule has 2 rings (SSSR count). The number of carbonyl (C=O) groups excluding carboxylic acids is 1. The van der Waals surface area contributed by atoms with E-state index in [1.165, 1.54) is 0 Å². The zero-order valence-electron chi connectivity index (χ0n) is 8.64. The molecule has 0 atom stereocenters. The summed E-state index contributed by atoms with van der Waals surface area (Å²) in [6.45, 7) is 1.82. The molecule has 2 heterocycles. The summed E-state index contributed by atoms with van der Waals surface area (Å²) in [7, 11) is 1.80. The van der Waals surface area contributed by atoms with Crippen molar-refractivity contribution in [1.29, 1.82) is 0 Å². The smallest absolute Gasteiger partial charge is 0.230 e. The van der Waals surface area contributed by atoms with Crippen LogP contribution in [0, 0.1) is 6.92 Å². The molecule has 0 N–H and O–H groups in total. The molecule has 76 valence electrons. The summed E-state index contributed by atoms with van der Waals surface area (Å²) in [4.78, 5) is 20.1. The maximum Gasteiger partial charge on any atom is 0.230 e. The Hall–Kier alpha value is -1.97. The number of ketones is 1. The van der Waals surface area contributed by atoms with Crippen LogP contribution in [0.5, 0.6) is 0 Å². The summed E-state index contributed by atoms with van der Waals surface area (Å²) in [5.74, 6) is 0.346. The predicted molar refractivity (Wildman–Crippen MR) is 55.6 cm³/mol. The van der Waals surface area contributed by atoms with Gasteiger partial charge < -0.3 is 4.57 Å². The minimum absolute atomic E-state index is 0.0897. The second-order valence-corrected chi connectivity index (χ2v) is 3.33. The Kier molecular flexibility index (Phi) is 2.33. The predicted octanol–water partition coefficient (Wildman–Crippen LogP) is 1.35. The molecule has 0 unspecified atom stereocenters. The normalized spacial score (nSPS) is 10.3. The van der Waals surface area contributed by atoms with Gasteiger partial charge in [-0.3, -0.25) is 9.78 Å². The van der Waals surface area contributed by atoms with Gasteiger partial charge in [-0.25, -0.2) is 4.98 Å². The molecule has 2 aromatic rings. The van der Waals surface area contributed by atoms with Crippen molar-refractivity contribution in [2.45, 2.75) is 6.92 Å². The van der Waals surface area contributed by atoms with Gasteiger partial charge >= 0.3 is 0 Å². The fourth-order valence-corrected chi connectivity index (χ4v) is 1.43. The standard InChI is InChI=1S/C11H11N3O/c1-8-9(4-3-5-12-8)10(15)11-13-6-7-14(11)2/h3-7H,1-2H3. The highest BCUT2D eigenvalue weighted by molar-refractivity contribution is 6.07. The fourth-order valence-electron chi connectivity index (χ4n) is 1.43. The van der Waals surface area contributed by atoms with Crippen LogP contribution in [-0.4, -0.2) is 20.3 Å². The number of rotatable bonds is 2. The Morgan fingerprint density at radius 3 is 2.73 bits per heavy atom. The Morgan fingerprint density at radius 1 is 1.33 bits per heavy atom. The summed E-state index contributed by atoms with van der Waals surface area (Å²) in [5.41, 5.74) is 1.33. The van der Waals surface area contributed by atoms with Crippen LogP contribution in [0.3, 0.4) is 0 Å². The molecular formula is C11H11N3O. The molecule has 0 aromatic carbocycles. The van der Waals surface area contributed by atoms with Crippen LogP contribution >= 0.6 is 0 Å². The quantitative estimate of drug-likeness (QED) is 0.689. The van der Waals surface area contributed by atoms with Crippen molar-refractivity contribution in [3.63, 3.8) is 0 Å². The molecule has 0 aliphatic carbocycles. The van der Waals surface area contributed by atoms with Crippen LogP contribution in [0.15, 0.2) is 30.7 Å². The van der Waals surface area contributed by atoms with Crippen LogP contribution in [0.4, 0.5) is 0 Å². The Morgan fingerprint density at radius 2 is 2.13 bits per heavy atom. The van der Waals surface area contributed by atoms with Gasteiger partial charge in [0.05, 0.1) is 0 Å². The lowest BCUT2D eigenvalue weighted by molar-refractivity contribution is 0.102. The zero-order chi connectivity index (χ0) is 10.8. The molecule has 0 aliphatic heterocycles. The van der Waals surface area contributed by atoms with Crippen molar-refractivity contribution in [3.8, 4) is 0 Å². The highest BCUT2D eigenvalue weighted by Gasteiger charge is 2.15. The van der Waals surface area contributed by atoms with Crippen LogP contribution in [0.25, 0.3) is 0 Å². The van der Waals surface area contributed by atoms with E-state index in [2.05, 4.69) is 9.97 Å². The lowest BCUT2D eigenvalue weighted by Crippen LogP contribution is -2.10. The fraction of sp³-hybridized carbons (Fsp3) is 0.182. The van der Waals surface area contributed by atoms with E-state index in [0.29, 0.717) is 11.4 Å². The van der Waals surface area contributed by atoms with Crippen LogP contribution in [0.2, 0.25) is 0 Å². The van der Waals surface area contributed by atoms with E-state index in [4.69, 9.17) is 0 Å². The number of pyridine rings is 1. The Balaban J connectivity index is 2.46. The van der Waals surface area contributed by atoms with Gasteiger partial charge in [0, 0.05) is 36.9 Å². The van der Waals surface area contributed by atoms with Gasteiger partial charge in [0.1, 0.15) is 0 Å². The molecule has 0 amide bonds. The van der Waals surface area contributed by atoms with Crippen LogP contribution in [-0.2, 0) is 7.05 Å². The van der Waals surface area contributed by atoms with Gasteiger partial charge in [-0.05, 0) is 19.1 Å². The minimum Gasteiger partial charge on any atom is -0.331 e. The van der Waals surface area contributed by atoms with Gasteiger partial charge in [-0.1, -0.05) is 0 Å². The maximum absolute atomic E-state index is 12.0. The van der Waals surface area contributed by atoms with Crippen LogP contribution < -0.4 is 0 Å². The summed E-state index contributed by atoms with van der Waals surface area (Å²) in [6.07, 6.45) is 5.03. The number of aryl methyl sites for hydroxylation is 2. The van der Waals surface area contributed by atoms with Crippen molar-refractivity contribution in [1.82, 2.24) is 14.5 Å². The van der Waals surface area contributed by atoms with Crippen molar-refractivity contribution in [3.05, 3.63) is 47.8 Å². The van der Waals surface area contributed by atoms with Gasteiger partial charge in [-0.2, -0.15) is 0 Å². The first kappa shape index (κ1) is 9.58. The summed E-state index contributed by atoms with van der Waals surface area (Å²) >= 11 is 0. The third-order valence-electron chi connectivity index (χ3n) is 2.28. The van der Waals surface area contributed by atoms with Gasteiger partial charge in [0.2, 0.25) is 5.78 Å². The van der Waals surface area contributed by atoms with E-state index < -0.39 is 0 Å². The SMILES string of the molecule is Cc1ncccc1C(=O)c1nccn1C. The van der Waals surface area contributed by atoms with Crippen molar-refractivity contribution >= 4 is 5.78 Å². The average molecular weight is 201 g/mol. The lowest BCUT2D eigenvalue weighted by atomic mass is 10.1. The number of nitrogens with zero attached hydrogens (tertiary/aromatic N) is 3. The number of hydrogen-bond donors (Lipinski definition) is 0. The molecule has 0 saturated heterocycles. The van der Waals surface area contributed by atoms with Crippen molar-refractivity contribution in [2.24, 2.45) is 7.05 Å². The molecular weight excluding hydrogens is 190 g/mol. The molecule has 0 radical (unpaired) electrons. The second-order valence-electron chi connectivity index (χ2n) is 3.33. The Bertz CT molecular complexity index is 502. The van der Waals surface area contributed by atoms with E-state index in [1.54, 1.807) is 42.3 Å². The molecule has 4 nitrogen and oxygen atoms in total. The molecule has 4 heteroatoms. The zero-order valence-corrected chi connectivity index (χ0v) is 8.64. The summed E-state index contributed by atoms with van der Waals surface area (Å²) in [5, 5.41) is 0. The van der Waals surface area contributed by atoms with E-state index in [1.807, 2.05) is 6.92 Å². The topological polar surface area (TPSA) is 47.8 Å². The highest BCUT2D eigenvalue weighted by Crippen LogP contribution is 2.09. The first-order valence-electron chi connectivity index (χ1n) is 4.64. The molecule has 0 fully saturated rings. The van der Waals surface area contributed by atoms with Gasteiger partial charge in [-0.15, -0.1) is 0 Å². The minimum atomic E-state index is -0.0897. The molecule has 2 aromatic heterocycles. The van der Waals surface area contributed by atoms with Crippen molar-refractivity contribution < 1.29 is 4.79 Å². The third kappa shape index (κ3) is 1.66. The third-order valence-corrected chi connectivity index (χ3v) is 2.28. The molecule has 0 bridgehead atoms. The molecule has 0 aliphatic rings. The van der Waals surface area contributed by atoms with E-state index in [-0.39, 0.29) is 5.78 Å². The van der Waals surface area contributed by atoms with E-state index >= 15 is 0 Å².